The third kappa shape index (κ3) is 4.57. The molecule has 1 amide bonds. The Bertz CT molecular complexity index is 448. The summed E-state index contributed by atoms with van der Waals surface area (Å²) in [6.07, 6.45) is 4.26. The van der Waals surface area contributed by atoms with Gasteiger partial charge in [0, 0.05) is 12.2 Å². The second kappa shape index (κ2) is 7.35. The Balaban J connectivity index is 2.78. The van der Waals surface area contributed by atoms with E-state index in [0.29, 0.717) is 17.7 Å². The molecule has 0 saturated carbocycles. The fourth-order valence-electron chi connectivity index (χ4n) is 1.78. The number of nitrogens with zero attached hydrogens (tertiary/aromatic N) is 1. The largest absolute Gasteiger partial charge is 0.494 e. The van der Waals surface area contributed by atoms with Gasteiger partial charge in [-0.15, -0.1) is 0 Å². The average Bonchev–Trinajstić information content (AvgIpc) is 2.38. The van der Waals surface area contributed by atoms with E-state index >= 15 is 0 Å². The van der Waals surface area contributed by atoms with Gasteiger partial charge in [0.1, 0.15) is 5.75 Å². The van der Waals surface area contributed by atoms with E-state index in [4.69, 9.17) is 9.84 Å². The first-order chi connectivity index (χ1) is 9.08. The highest BCUT2D eigenvalue weighted by atomic mass is 16.5. The maximum absolute atomic E-state index is 12.1. The summed E-state index contributed by atoms with van der Waals surface area (Å²) in [5.41, 5.74) is 0.351. The smallest absolute Gasteiger partial charge is 0.305 e. The van der Waals surface area contributed by atoms with Crippen molar-refractivity contribution in [1.82, 2.24) is 10.3 Å². The van der Waals surface area contributed by atoms with E-state index in [2.05, 4.69) is 10.3 Å². The van der Waals surface area contributed by atoms with Crippen molar-refractivity contribution in [3.63, 3.8) is 0 Å². The van der Waals surface area contributed by atoms with Gasteiger partial charge in [0.2, 0.25) is 0 Å². The number of pyridine rings is 1. The number of hydrogen-bond donors (Lipinski definition) is 2. The SMILES string of the molecule is CCCC(CC(=O)O)NC(=O)c1ccncc1OC. The van der Waals surface area contributed by atoms with E-state index in [-0.39, 0.29) is 18.4 Å². The molecule has 1 aromatic heterocycles. The number of nitrogens with one attached hydrogen (secondary N) is 1. The topological polar surface area (TPSA) is 88.5 Å². The molecule has 0 fully saturated rings. The van der Waals surface area contributed by atoms with Crippen LogP contribution in [0.1, 0.15) is 36.5 Å². The number of carbonyl (C=O) groups excluding carboxylic acids is 1. The van der Waals surface area contributed by atoms with Gasteiger partial charge in [-0.1, -0.05) is 13.3 Å². The number of aliphatic carboxylic acids is 1. The van der Waals surface area contributed by atoms with E-state index in [0.717, 1.165) is 6.42 Å². The van der Waals surface area contributed by atoms with Crippen molar-refractivity contribution in [2.24, 2.45) is 0 Å². The first-order valence-electron chi connectivity index (χ1n) is 6.09. The van der Waals surface area contributed by atoms with Crippen molar-refractivity contribution in [3.05, 3.63) is 24.0 Å². The van der Waals surface area contributed by atoms with Gasteiger partial charge in [0.15, 0.2) is 0 Å². The predicted molar refractivity (Wildman–Crippen MR) is 69.2 cm³/mol. The van der Waals surface area contributed by atoms with Gasteiger partial charge < -0.3 is 15.2 Å². The van der Waals surface area contributed by atoms with E-state index in [1.165, 1.54) is 25.6 Å². The molecular formula is C13H18N2O4. The third-order valence-electron chi connectivity index (χ3n) is 2.64. The van der Waals surface area contributed by atoms with Gasteiger partial charge in [-0.2, -0.15) is 0 Å². The Labute approximate surface area is 111 Å². The molecular weight excluding hydrogens is 248 g/mol. The van der Waals surface area contributed by atoms with Crippen LogP contribution in [-0.2, 0) is 4.79 Å². The van der Waals surface area contributed by atoms with Crippen LogP contribution < -0.4 is 10.1 Å². The maximum atomic E-state index is 12.1. The maximum Gasteiger partial charge on any atom is 0.305 e. The molecule has 1 heterocycles. The Hall–Kier alpha value is -2.11. The molecule has 1 rings (SSSR count). The van der Waals surface area contributed by atoms with Crippen molar-refractivity contribution in [2.45, 2.75) is 32.2 Å². The Morgan fingerprint density at radius 3 is 2.84 bits per heavy atom. The number of methoxy groups -OCH3 is 1. The monoisotopic (exact) mass is 266 g/mol. The van der Waals surface area contributed by atoms with E-state index < -0.39 is 5.97 Å². The van der Waals surface area contributed by atoms with Crippen LogP contribution in [0.5, 0.6) is 5.75 Å². The summed E-state index contributed by atoms with van der Waals surface area (Å²) in [6, 6.07) is 1.16. The molecule has 0 bridgehead atoms. The Morgan fingerprint density at radius 1 is 1.53 bits per heavy atom. The molecule has 0 aliphatic rings. The van der Waals surface area contributed by atoms with Crippen molar-refractivity contribution >= 4 is 11.9 Å². The van der Waals surface area contributed by atoms with Crippen LogP contribution in [0.4, 0.5) is 0 Å². The summed E-state index contributed by atoms with van der Waals surface area (Å²) >= 11 is 0. The number of hydrogen-bond acceptors (Lipinski definition) is 4. The normalized spacial score (nSPS) is 11.7. The number of ether oxygens (including phenoxy) is 1. The number of amides is 1. The molecule has 0 aromatic carbocycles. The standard InChI is InChI=1S/C13H18N2O4/c1-3-4-9(7-12(16)17)15-13(18)10-5-6-14-8-11(10)19-2/h5-6,8-9H,3-4,7H2,1-2H3,(H,15,18)(H,16,17). The molecule has 104 valence electrons. The number of carboxylic acids is 1. The molecule has 0 aliphatic carbocycles. The number of carbonyl (C=O) groups is 2. The highest BCUT2D eigenvalue weighted by molar-refractivity contribution is 5.97. The molecule has 1 unspecified atom stereocenters. The first kappa shape index (κ1) is 14.9. The third-order valence-corrected chi connectivity index (χ3v) is 2.64. The lowest BCUT2D eigenvalue weighted by Crippen LogP contribution is -2.36. The minimum Gasteiger partial charge on any atom is -0.494 e. The molecule has 0 spiro atoms. The quantitative estimate of drug-likeness (QED) is 0.780. The molecule has 6 nitrogen and oxygen atoms in total. The lowest BCUT2D eigenvalue weighted by Gasteiger charge is -2.16. The van der Waals surface area contributed by atoms with E-state index in [1.807, 2.05) is 6.92 Å². The summed E-state index contributed by atoms with van der Waals surface area (Å²) in [7, 11) is 1.45. The van der Waals surface area contributed by atoms with Gasteiger partial charge in [0.05, 0.1) is 25.3 Å². The van der Waals surface area contributed by atoms with Crippen molar-refractivity contribution in [1.29, 1.82) is 0 Å². The molecule has 6 heteroatoms. The molecule has 0 aliphatic heterocycles. The molecule has 1 atom stereocenters. The summed E-state index contributed by atoms with van der Waals surface area (Å²) in [5, 5.41) is 11.5. The fraction of sp³-hybridized carbons (Fsp3) is 0.462. The fourth-order valence-corrected chi connectivity index (χ4v) is 1.78. The van der Waals surface area contributed by atoms with Gasteiger partial charge in [-0.25, -0.2) is 0 Å². The van der Waals surface area contributed by atoms with Crippen LogP contribution in [0.3, 0.4) is 0 Å². The summed E-state index contributed by atoms with van der Waals surface area (Å²) in [4.78, 5) is 26.7. The Morgan fingerprint density at radius 2 is 2.26 bits per heavy atom. The molecule has 0 radical (unpaired) electrons. The molecule has 2 N–H and O–H groups in total. The van der Waals surface area contributed by atoms with E-state index in [1.54, 1.807) is 0 Å². The zero-order chi connectivity index (χ0) is 14.3. The second-order valence-corrected chi connectivity index (χ2v) is 4.13. The first-order valence-corrected chi connectivity index (χ1v) is 6.09. The van der Waals surface area contributed by atoms with Crippen LogP contribution >= 0.6 is 0 Å². The zero-order valence-electron chi connectivity index (χ0n) is 11.0. The summed E-state index contributed by atoms with van der Waals surface area (Å²) < 4.78 is 5.05. The van der Waals surface area contributed by atoms with Crippen molar-refractivity contribution in [3.8, 4) is 5.75 Å². The average molecular weight is 266 g/mol. The lowest BCUT2D eigenvalue weighted by atomic mass is 10.1. The van der Waals surface area contributed by atoms with E-state index in [9.17, 15) is 9.59 Å². The van der Waals surface area contributed by atoms with Gasteiger partial charge >= 0.3 is 5.97 Å². The molecule has 19 heavy (non-hydrogen) atoms. The van der Waals surface area contributed by atoms with Gasteiger partial charge in [-0.3, -0.25) is 14.6 Å². The Kier molecular flexibility index (Phi) is 5.78. The van der Waals surface area contributed by atoms with Crippen LogP contribution in [0.15, 0.2) is 18.5 Å². The minimum atomic E-state index is -0.930. The number of aromatic nitrogens is 1. The van der Waals surface area contributed by atoms with Crippen LogP contribution in [0.25, 0.3) is 0 Å². The predicted octanol–water partition coefficient (Wildman–Crippen LogP) is 1.46. The molecule has 0 saturated heterocycles. The van der Waals surface area contributed by atoms with Crippen molar-refractivity contribution in [2.75, 3.05) is 7.11 Å². The minimum absolute atomic E-state index is 0.0903. The number of rotatable bonds is 7. The molecule has 1 aromatic rings. The zero-order valence-corrected chi connectivity index (χ0v) is 11.0. The van der Waals surface area contributed by atoms with Gasteiger partial charge in [-0.05, 0) is 12.5 Å². The van der Waals surface area contributed by atoms with Gasteiger partial charge in [0.25, 0.3) is 5.91 Å². The van der Waals surface area contributed by atoms with Crippen LogP contribution in [0, 0.1) is 0 Å². The van der Waals surface area contributed by atoms with Crippen LogP contribution in [0.2, 0.25) is 0 Å². The second-order valence-electron chi connectivity index (χ2n) is 4.13. The highest BCUT2D eigenvalue weighted by Gasteiger charge is 2.18. The number of carboxylic acid groups (broad SMARTS) is 1. The summed E-state index contributed by atoms with van der Waals surface area (Å²) in [6.45, 7) is 1.94. The lowest BCUT2D eigenvalue weighted by molar-refractivity contribution is -0.137. The van der Waals surface area contributed by atoms with Crippen molar-refractivity contribution < 1.29 is 19.4 Å². The summed E-state index contributed by atoms with van der Waals surface area (Å²) in [5.74, 6) is -0.912. The van der Waals surface area contributed by atoms with Crippen LogP contribution in [-0.4, -0.2) is 35.1 Å². The highest BCUT2D eigenvalue weighted by Crippen LogP contribution is 2.16.